The average molecular weight is 432 g/mol. The van der Waals surface area contributed by atoms with Crippen LogP contribution >= 0.6 is 0 Å². The first-order chi connectivity index (χ1) is 15.4. The van der Waals surface area contributed by atoms with Gasteiger partial charge in [-0.25, -0.2) is 5.43 Å². The van der Waals surface area contributed by atoms with Crippen molar-refractivity contribution >= 4 is 11.6 Å². The summed E-state index contributed by atoms with van der Waals surface area (Å²) < 4.78 is 10.8. The predicted octanol–water partition coefficient (Wildman–Crippen LogP) is 4.33. The van der Waals surface area contributed by atoms with Crippen LogP contribution in [0.25, 0.3) is 0 Å². The number of fused-ring (bicyclic) bond motifs is 1. The Balaban J connectivity index is 1.71. The highest BCUT2D eigenvalue weighted by molar-refractivity contribution is 6.05. The number of ether oxygens (including phenoxy) is 2. The third-order valence-corrected chi connectivity index (χ3v) is 5.21. The van der Waals surface area contributed by atoms with Gasteiger partial charge in [-0.2, -0.15) is 5.10 Å². The summed E-state index contributed by atoms with van der Waals surface area (Å²) in [6, 6.07) is 17.3. The first-order valence-corrected chi connectivity index (χ1v) is 10.3. The fourth-order valence-electron chi connectivity index (χ4n) is 3.50. The molecular weight excluding hydrogens is 408 g/mol. The van der Waals surface area contributed by atoms with Crippen molar-refractivity contribution in [3.63, 3.8) is 0 Å². The van der Waals surface area contributed by atoms with Gasteiger partial charge >= 0.3 is 0 Å². The number of nitrogens with zero attached hydrogens (tertiary/aromatic N) is 1. The van der Waals surface area contributed by atoms with Gasteiger partial charge in [0.05, 0.1) is 5.71 Å². The minimum Gasteiger partial charge on any atom is -0.508 e. The maximum atomic E-state index is 12.5. The van der Waals surface area contributed by atoms with Gasteiger partial charge in [0, 0.05) is 23.6 Å². The maximum Gasteiger partial charge on any atom is 0.271 e. The Morgan fingerprint density at radius 3 is 2.50 bits per heavy atom. The number of aromatic hydroxyl groups is 2. The van der Waals surface area contributed by atoms with Gasteiger partial charge in [0.2, 0.25) is 6.79 Å². The molecule has 1 amide bonds. The lowest BCUT2D eigenvalue weighted by Gasteiger charge is -2.15. The molecule has 4 rings (SSSR count). The van der Waals surface area contributed by atoms with Crippen molar-refractivity contribution in [2.75, 3.05) is 6.79 Å². The zero-order chi connectivity index (χ0) is 22.7. The van der Waals surface area contributed by atoms with Crippen LogP contribution in [0.5, 0.6) is 23.0 Å². The smallest absolute Gasteiger partial charge is 0.271 e. The number of carbonyl (C=O) groups is 1. The first-order valence-electron chi connectivity index (χ1n) is 10.3. The van der Waals surface area contributed by atoms with E-state index in [4.69, 9.17) is 9.47 Å². The molecule has 32 heavy (non-hydrogen) atoms. The van der Waals surface area contributed by atoms with Crippen molar-refractivity contribution in [1.29, 1.82) is 0 Å². The summed E-state index contributed by atoms with van der Waals surface area (Å²) in [4.78, 5) is 12.5. The molecule has 0 fully saturated rings. The van der Waals surface area contributed by atoms with E-state index in [9.17, 15) is 15.0 Å². The summed E-state index contributed by atoms with van der Waals surface area (Å²) in [6.45, 7) is 4.06. The van der Waals surface area contributed by atoms with Crippen molar-refractivity contribution in [1.82, 2.24) is 5.43 Å². The predicted molar refractivity (Wildman–Crippen MR) is 121 cm³/mol. The zero-order valence-electron chi connectivity index (χ0n) is 17.8. The van der Waals surface area contributed by atoms with Crippen LogP contribution in [0.2, 0.25) is 0 Å². The van der Waals surface area contributed by atoms with E-state index in [0.29, 0.717) is 40.3 Å². The summed E-state index contributed by atoms with van der Waals surface area (Å²) >= 11 is 0. The molecule has 3 N–H and O–H groups in total. The fourth-order valence-corrected chi connectivity index (χ4v) is 3.50. The highest BCUT2D eigenvalue weighted by Gasteiger charge is 2.19. The van der Waals surface area contributed by atoms with E-state index in [1.54, 1.807) is 30.3 Å². The Labute approximate surface area is 185 Å². The van der Waals surface area contributed by atoms with Crippen LogP contribution in [0, 0.1) is 0 Å². The molecular formula is C25H24N2O5. The molecule has 1 heterocycles. The standard InChI is InChI=1S/C25H24N2O5/c1-15(2)18-12-19(22(29)13-21(18)28)20(26-27-25(30)17-6-4-3-5-7-17)10-16-8-9-23-24(11-16)32-14-31-23/h3-9,11-13,15,28-29H,10,14H2,1-2H3,(H,27,30)/b26-20-. The van der Waals surface area contributed by atoms with E-state index in [2.05, 4.69) is 10.5 Å². The minimum absolute atomic E-state index is 0.0111. The van der Waals surface area contributed by atoms with Crippen LogP contribution < -0.4 is 14.9 Å². The van der Waals surface area contributed by atoms with Crippen molar-refractivity contribution in [2.45, 2.75) is 26.2 Å². The molecule has 1 aliphatic heterocycles. The Morgan fingerprint density at radius 2 is 1.75 bits per heavy atom. The number of hydrogen-bond donors (Lipinski definition) is 3. The van der Waals surface area contributed by atoms with Gasteiger partial charge in [0.15, 0.2) is 11.5 Å². The van der Waals surface area contributed by atoms with Crippen molar-refractivity contribution in [2.24, 2.45) is 5.10 Å². The quantitative estimate of drug-likeness (QED) is 0.398. The van der Waals surface area contributed by atoms with Gasteiger partial charge in [0.1, 0.15) is 11.5 Å². The van der Waals surface area contributed by atoms with Gasteiger partial charge in [-0.05, 0) is 47.4 Å². The Kier molecular flexibility index (Phi) is 5.98. The lowest BCUT2D eigenvalue weighted by Crippen LogP contribution is -2.21. The number of benzene rings is 3. The van der Waals surface area contributed by atoms with E-state index in [1.165, 1.54) is 6.07 Å². The number of hydrazone groups is 1. The van der Waals surface area contributed by atoms with Crippen LogP contribution in [-0.4, -0.2) is 28.6 Å². The molecule has 0 unspecified atom stereocenters. The number of carbonyl (C=O) groups excluding carboxylic acids is 1. The van der Waals surface area contributed by atoms with E-state index in [0.717, 1.165) is 5.56 Å². The molecule has 0 aliphatic carbocycles. The maximum absolute atomic E-state index is 12.5. The zero-order valence-corrected chi connectivity index (χ0v) is 17.8. The SMILES string of the molecule is CC(C)c1cc(/C(Cc2ccc3c(c2)OCO3)=N\NC(=O)c2ccccc2)c(O)cc1O. The third kappa shape index (κ3) is 4.51. The molecule has 0 saturated heterocycles. The minimum atomic E-state index is -0.365. The molecule has 0 spiro atoms. The second-order valence-electron chi connectivity index (χ2n) is 7.81. The normalized spacial score (nSPS) is 12.8. The van der Waals surface area contributed by atoms with Crippen molar-refractivity contribution in [3.8, 4) is 23.0 Å². The second-order valence-corrected chi connectivity index (χ2v) is 7.81. The van der Waals surface area contributed by atoms with Crippen molar-refractivity contribution < 1.29 is 24.5 Å². The third-order valence-electron chi connectivity index (χ3n) is 5.21. The number of amides is 1. The molecule has 0 aromatic heterocycles. The average Bonchev–Trinajstić information content (AvgIpc) is 3.25. The van der Waals surface area contributed by atoms with Crippen LogP contribution in [0.3, 0.4) is 0 Å². The molecule has 3 aromatic rings. The fraction of sp³-hybridized carbons (Fsp3) is 0.200. The Hall–Kier alpha value is -4.00. The van der Waals surface area contributed by atoms with E-state index >= 15 is 0 Å². The summed E-state index contributed by atoms with van der Waals surface area (Å²) in [7, 11) is 0. The molecule has 164 valence electrons. The highest BCUT2D eigenvalue weighted by atomic mass is 16.7. The lowest BCUT2D eigenvalue weighted by atomic mass is 9.94. The molecule has 3 aromatic carbocycles. The molecule has 0 atom stereocenters. The topological polar surface area (TPSA) is 100 Å². The van der Waals surface area contributed by atoms with E-state index in [-0.39, 0.29) is 30.1 Å². The highest BCUT2D eigenvalue weighted by Crippen LogP contribution is 2.35. The van der Waals surface area contributed by atoms with Gasteiger partial charge in [-0.15, -0.1) is 0 Å². The summed E-state index contributed by atoms with van der Waals surface area (Å²) in [5.74, 6) is 0.848. The summed E-state index contributed by atoms with van der Waals surface area (Å²) in [5.41, 5.74) is 5.45. The Morgan fingerprint density at radius 1 is 1.00 bits per heavy atom. The van der Waals surface area contributed by atoms with Gasteiger partial charge in [0.25, 0.3) is 5.91 Å². The summed E-state index contributed by atoms with van der Waals surface area (Å²) in [6.07, 6.45) is 0.307. The number of rotatable bonds is 6. The van der Waals surface area contributed by atoms with E-state index < -0.39 is 0 Å². The van der Waals surface area contributed by atoms with Gasteiger partial charge in [-0.1, -0.05) is 38.1 Å². The monoisotopic (exact) mass is 432 g/mol. The molecule has 0 bridgehead atoms. The lowest BCUT2D eigenvalue weighted by molar-refractivity contribution is 0.0954. The van der Waals surface area contributed by atoms with Crippen LogP contribution in [0.1, 0.15) is 46.8 Å². The number of phenolic OH excluding ortho intramolecular Hbond substituents is 2. The van der Waals surface area contributed by atoms with E-state index in [1.807, 2.05) is 38.1 Å². The largest absolute Gasteiger partial charge is 0.508 e. The molecule has 7 nitrogen and oxygen atoms in total. The number of phenols is 2. The molecule has 0 saturated carbocycles. The molecule has 7 heteroatoms. The van der Waals surface area contributed by atoms with Crippen LogP contribution in [-0.2, 0) is 6.42 Å². The number of nitrogens with one attached hydrogen (secondary N) is 1. The summed E-state index contributed by atoms with van der Waals surface area (Å²) in [5, 5.41) is 25.2. The first kappa shape index (κ1) is 21.2. The Bertz CT molecular complexity index is 1170. The number of hydrogen-bond acceptors (Lipinski definition) is 6. The van der Waals surface area contributed by atoms with Gasteiger partial charge in [-0.3, -0.25) is 4.79 Å². The molecule has 1 aliphatic rings. The van der Waals surface area contributed by atoms with Crippen LogP contribution in [0.4, 0.5) is 0 Å². The van der Waals surface area contributed by atoms with Crippen LogP contribution in [0.15, 0.2) is 65.8 Å². The second kappa shape index (κ2) is 9.01. The van der Waals surface area contributed by atoms with Gasteiger partial charge < -0.3 is 19.7 Å². The van der Waals surface area contributed by atoms with Crippen molar-refractivity contribution in [3.05, 3.63) is 82.9 Å². The molecule has 0 radical (unpaired) electrons.